The molecule has 0 aromatic heterocycles. The van der Waals surface area contributed by atoms with Gasteiger partial charge in [-0.2, -0.15) is 13.2 Å². The van der Waals surface area contributed by atoms with Crippen molar-refractivity contribution >= 4 is 5.91 Å². The van der Waals surface area contributed by atoms with Crippen molar-refractivity contribution < 1.29 is 23.1 Å². The summed E-state index contributed by atoms with van der Waals surface area (Å²) >= 11 is 0. The van der Waals surface area contributed by atoms with Gasteiger partial charge in [0, 0.05) is 6.04 Å². The zero-order valence-electron chi connectivity index (χ0n) is 11.7. The van der Waals surface area contributed by atoms with Gasteiger partial charge in [0.05, 0.1) is 12.6 Å². The molecule has 0 aliphatic carbocycles. The van der Waals surface area contributed by atoms with Gasteiger partial charge in [-0.1, -0.05) is 30.3 Å². The Labute approximate surface area is 121 Å². The van der Waals surface area contributed by atoms with E-state index in [9.17, 15) is 23.1 Å². The summed E-state index contributed by atoms with van der Waals surface area (Å²) in [6.07, 6.45) is -3.95. The molecule has 0 spiro atoms. The summed E-state index contributed by atoms with van der Waals surface area (Å²) < 4.78 is 36.1. The first kappa shape index (κ1) is 17.5. The fourth-order valence-electron chi connectivity index (χ4n) is 1.84. The second-order valence-electron chi connectivity index (χ2n) is 4.79. The Morgan fingerprint density at radius 1 is 1.29 bits per heavy atom. The van der Waals surface area contributed by atoms with Crippen LogP contribution < -0.4 is 10.6 Å². The smallest absolute Gasteiger partial charge is 0.395 e. The molecule has 0 fully saturated rings. The van der Waals surface area contributed by atoms with Crippen LogP contribution in [-0.2, 0) is 11.2 Å². The fourth-order valence-corrected chi connectivity index (χ4v) is 1.84. The van der Waals surface area contributed by atoms with E-state index in [2.05, 4.69) is 5.32 Å². The molecule has 118 valence electrons. The molecule has 4 nitrogen and oxygen atoms in total. The van der Waals surface area contributed by atoms with Gasteiger partial charge in [-0.25, -0.2) is 0 Å². The molecule has 1 amide bonds. The normalized spacial score (nSPS) is 14.5. The highest BCUT2D eigenvalue weighted by Gasteiger charge is 2.29. The lowest BCUT2D eigenvalue weighted by molar-refractivity contribution is -0.139. The van der Waals surface area contributed by atoms with E-state index in [1.165, 1.54) is 6.92 Å². The van der Waals surface area contributed by atoms with Crippen LogP contribution in [0.2, 0.25) is 0 Å². The van der Waals surface area contributed by atoms with Crippen molar-refractivity contribution in [2.24, 2.45) is 0 Å². The third-order valence-corrected chi connectivity index (χ3v) is 2.89. The SMILES string of the molecule is CC(NC(CO)Cc1ccccc1)C(=O)NCC(F)(F)F. The summed E-state index contributed by atoms with van der Waals surface area (Å²) in [5.41, 5.74) is 0.965. The molecule has 1 aromatic carbocycles. The van der Waals surface area contributed by atoms with Crippen molar-refractivity contribution in [3.63, 3.8) is 0 Å². The molecule has 2 atom stereocenters. The number of alkyl halides is 3. The number of benzene rings is 1. The second-order valence-corrected chi connectivity index (χ2v) is 4.79. The first-order valence-corrected chi connectivity index (χ1v) is 6.57. The molecule has 0 heterocycles. The van der Waals surface area contributed by atoms with E-state index >= 15 is 0 Å². The molecule has 21 heavy (non-hydrogen) atoms. The summed E-state index contributed by atoms with van der Waals surface area (Å²) in [5, 5.41) is 13.9. The molecule has 0 aliphatic heterocycles. The topological polar surface area (TPSA) is 61.4 Å². The minimum absolute atomic E-state index is 0.216. The number of aliphatic hydroxyl groups is 1. The maximum Gasteiger partial charge on any atom is 0.405 e. The molecule has 0 saturated heterocycles. The predicted molar refractivity (Wildman–Crippen MR) is 72.7 cm³/mol. The summed E-state index contributed by atoms with van der Waals surface area (Å²) in [6, 6.07) is 8.08. The minimum atomic E-state index is -4.43. The maximum atomic E-state index is 12.0. The fraction of sp³-hybridized carbons (Fsp3) is 0.500. The van der Waals surface area contributed by atoms with Crippen molar-refractivity contribution in [2.75, 3.05) is 13.2 Å². The van der Waals surface area contributed by atoms with Gasteiger partial charge in [0.2, 0.25) is 5.91 Å². The van der Waals surface area contributed by atoms with E-state index < -0.39 is 30.7 Å². The quantitative estimate of drug-likeness (QED) is 0.710. The highest BCUT2D eigenvalue weighted by molar-refractivity contribution is 5.81. The molecule has 1 aromatic rings. The molecule has 1 rings (SSSR count). The second kappa shape index (κ2) is 7.99. The van der Waals surface area contributed by atoms with Crippen molar-refractivity contribution in [3.8, 4) is 0 Å². The van der Waals surface area contributed by atoms with Crippen LogP contribution in [0, 0.1) is 0 Å². The van der Waals surface area contributed by atoms with Crippen LogP contribution in [0.15, 0.2) is 30.3 Å². The van der Waals surface area contributed by atoms with Gasteiger partial charge in [-0.15, -0.1) is 0 Å². The van der Waals surface area contributed by atoms with Crippen LogP contribution in [0.25, 0.3) is 0 Å². The molecule has 7 heteroatoms. The Morgan fingerprint density at radius 3 is 2.43 bits per heavy atom. The van der Waals surface area contributed by atoms with Crippen molar-refractivity contribution in [3.05, 3.63) is 35.9 Å². The van der Waals surface area contributed by atoms with E-state index in [-0.39, 0.29) is 6.61 Å². The summed E-state index contributed by atoms with van der Waals surface area (Å²) in [6.45, 7) is -0.120. The number of hydrogen-bond donors (Lipinski definition) is 3. The van der Waals surface area contributed by atoms with Crippen LogP contribution in [-0.4, -0.2) is 42.4 Å². The van der Waals surface area contributed by atoms with E-state index in [0.717, 1.165) is 5.56 Å². The van der Waals surface area contributed by atoms with Gasteiger partial charge in [0.25, 0.3) is 0 Å². The maximum absolute atomic E-state index is 12.0. The van der Waals surface area contributed by atoms with Gasteiger partial charge in [-0.3, -0.25) is 4.79 Å². The van der Waals surface area contributed by atoms with E-state index in [1.54, 1.807) is 0 Å². The first-order valence-electron chi connectivity index (χ1n) is 6.57. The van der Waals surface area contributed by atoms with Crippen LogP contribution in [0.5, 0.6) is 0 Å². The molecule has 0 aliphatic rings. The van der Waals surface area contributed by atoms with Gasteiger partial charge < -0.3 is 15.7 Å². The summed E-state index contributed by atoms with van der Waals surface area (Å²) in [7, 11) is 0. The summed E-state index contributed by atoms with van der Waals surface area (Å²) in [4.78, 5) is 11.5. The monoisotopic (exact) mass is 304 g/mol. The zero-order valence-corrected chi connectivity index (χ0v) is 11.7. The van der Waals surface area contributed by atoms with Gasteiger partial charge in [0.1, 0.15) is 6.54 Å². The molecule has 0 radical (unpaired) electrons. The number of carbonyl (C=O) groups is 1. The van der Waals surface area contributed by atoms with Crippen molar-refractivity contribution in [2.45, 2.75) is 31.6 Å². The van der Waals surface area contributed by atoms with Gasteiger partial charge in [-0.05, 0) is 18.9 Å². The zero-order chi connectivity index (χ0) is 15.9. The highest BCUT2D eigenvalue weighted by Crippen LogP contribution is 2.12. The molecular weight excluding hydrogens is 285 g/mol. The van der Waals surface area contributed by atoms with E-state index in [0.29, 0.717) is 6.42 Å². The lowest BCUT2D eigenvalue weighted by atomic mass is 10.1. The Hall–Kier alpha value is -1.60. The van der Waals surface area contributed by atoms with Crippen LogP contribution in [0.1, 0.15) is 12.5 Å². The Bertz CT molecular complexity index is 438. The van der Waals surface area contributed by atoms with E-state index in [1.807, 2.05) is 35.6 Å². The first-order chi connectivity index (χ1) is 9.81. The largest absolute Gasteiger partial charge is 0.405 e. The number of hydrogen-bond acceptors (Lipinski definition) is 3. The Kier molecular flexibility index (Phi) is 6.64. The van der Waals surface area contributed by atoms with Gasteiger partial charge >= 0.3 is 6.18 Å². The molecule has 2 unspecified atom stereocenters. The Balaban J connectivity index is 2.46. The molecule has 0 saturated carbocycles. The average Bonchev–Trinajstić information content (AvgIpc) is 2.44. The van der Waals surface area contributed by atoms with Crippen molar-refractivity contribution in [1.29, 1.82) is 0 Å². The predicted octanol–water partition coefficient (Wildman–Crippen LogP) is 1.25. The molecular formula is C14H19F3N2O2. The average molecular weight is 304 g/mol. The molecule has 0 bridgehead atoms. The van der Waals surface area contributed by atoms with Crippen molar-refractivity contribution in [1.82, 2.24) is 10.6 Å². The lowest BCUT2D eigenvalue weighted by Crippen LogP contribution is -2.50. The van der Waals surface area contributed by atoms with Crippen LogP contribution in [0.3, 0.4) is 0 Å². The number of halogens is 3. The number of nitrogens with one attached hydrogen (secondary N) is 2. The lowest BCUT2D eigenvalue weighted by Gasteiger charge is -2.21. The molecule has 3 N–H and O–H groups in total. The number of rotatable bonds is 7. The van der Waals surface area contributed by atoms with E-state index in [4.69, 9.17) is 0 Å². The number of carbonyl (C=O) groups excluding carboxylic acids is 1. The summed E-state index contributed by atoms with van der Waals surface area (Å²) in [5.74, 6) is -0.751. The standard InChI is InChI=1S/C14H19F3N2O2/c1-10(13(21)18-9-14(15,16)17)19-12(8-20)7-11-5-3-2-4-6-11/h2-6,10,12,19-20H,7-9H2,1H3,(H,18,21). The third kappa shape index (κ3) is 7.10. The van der Waals surface area contributed by atoms with Gasteiger partial charge in [0.15, 0.2) is 0 Å². The van der Waals surface area contributed by atoms with Crippen LogP contribution >= 0.6 is 0 Å². The van der Waals surface area contributed by atoms with Crippen LogP contribution in [0.4, 0.5) is 13.2 Å². The highest BCUT2D eigenvalue weighted by atomic mass is 19.4. The minimum Gasteiger partial charge on any atom is -0.395 e. The number of aliphatic hydroxyl groups excluding tert-OH is 1. The number of amides is 1. The Morgan fingerprint density at radius 2 is 1.90 bits per heavy atom. The third-order valence-electron chi connectivity index (χ3n) is 2.89.